The van der Waals surface area contributed by atoms with E-state index in [0.29, 0.717) is 0 Å². The van der Waals surface area contributed by atoms with Gasteiger partial charge in [0.05, 0.1) is 0 Å². The number of furan rings is 1. The molecule has 0 radical (unpaired) electrons. The summed E-state index contributed by atoms with van der Waals surface area (Å²) in [5, 5.41) is 0. The first kappa shape index (κ1) is 12.2. The molecule has 9 nitrogen and oxygen atoms in total. The lowest BCUT2D eigenvalue weighted by Gasteiger charge is -1.96. The molecule has 8 N–H and O–H groups in total. The monoisotopic (exact) mass is 240 g/mol. The number of hydrogen-bond donors (Lipinski definition) is 4. The zero-order valence-electron chi connectivity index (χ0n) is 8.35. The van der Waals surface area contributed by atoms with Crippen molar-refractivity contribution in [3.63, 3.8) is 0 Å². The topological polar surface area (TPSA) is 186 Å². The molecule has 0 aliphatic rings. The molecule has 0 spiro atoms. The zero-order valence-corrected chi connectivity index (χ0v) is 8.35. The molecule has 17 heavy (non-hydrogen) atoms. The average Bonchev–Trinajstić information content (AvgIpc) is 2.56. The van der Waals surface area contributed by atoms with E-state index in [1.807, 2.05) is 0 Å². The second-order valence-electron chi connectivity index (χ2n) is 2.97. The van der Waals surface area contributed by atoms with Crippen molar-refractivity contribution < 1.29 is 23.6 Å². The quantitative estimate of drug-likeness (QED) is 0.458. The molecule has 0 unspecified atom stereocenters. The van der Waals surface area contributed by atoms with Crippen molar-refractivity contribution in [2.24, 2.45) is 22.9 Å². The summed E-state index contributed by atoms with van der Waals surface area (Å²) >= 11 is 0. The summed E-state index contributed by atoms with van der Waals surface area (Å²) in [7, 11) is 0. The van der Waals surface area contributed by atoms with Gasteiger partial charge in [-0.05, 0) is 0 Å². The lowest BCUT2D eigenvalue weighted by atomic mass is 10.1. The van der Waals surface area contributed by atoms with E-state index in [2.05, 4.69) is 4.42 Å². The molecule has 0 atom stereocenters. The highest BCUT2D eigenvalue weighted by molar-refractivity contribution is 6.16. The first-order valence-electron chi connectivity index (χ1n) is 4.13. The highest BCUT2D eigenvalue weighted by Gasteiger charge is 2.32. The largest absolute Gasteiger partial charge is 0.444 e. The van der Waals surface area contributed by atoms with Gasteiger partial charge < -0.3 is 27.4 Å². The number of carbonyl (C=O) groups is 4. The van der Waals surface area contributed by atoms with Crippen molar-refractivity contribution in [3.8, 4) is 0 Å². The van der Waals surface area contributed by atoms with Crippen molar-refractivity contribution >= 4 is 23.6 Å². The van der Waals surface area contributed by atoms with Crippen molar-refractivity contribution in [2.45, 2.75) is 0 Å². The van der Waals surface area contributed by atoms with Gasteiger partial charge in [0.15, 0.2) is 0 Å². The summed E-state index contributed by atoms with van der Waals surface area (Å²) < 4.78 is 4.64. The molecule has 0 aromatic carbocycles. The maximum atomic E-state index is 11.1. The SMILES string of the molecule is NC(=O)c1oc(C(N)=O)c(C(N)=O)c1C(N)=O. The second-order valence-corrected chi connectivity index (χ2v) is 2.97. The van der Waals surface area contributed by atoms with Crippen LogP contribution in [0, 0.1) is 0 Å². The molecule has 1 heterocycles. The van der Waals surface area contributed by atoms with Crippen molar-refractivity contribution in [1.29, 1.82) is 0 Å². The minimum Gasteiger partial charge on any atom is -0.444 e. The fourth-order valence-corrected chi connectivity index (χ4v) is 1.25. The highest BCUT2D eigenvalue weighted by atomic mass is 16.4. The summed E-state index contributed by atoms with van der Waals surface area (Å²) in [5.41, 5.74) is 18.3. The summed E-state index contributed by atoms with van der Waals surface area (Å²) in [5.74, 6) is -6.23. The number of rotatable bonds is 4. The van der Waals surface area contributed by atoms with Crippen LogP contribution in [0.25, 0.3) is 0 Å². The fourth-order valence-electron chi connectivity index (χ4n) is 1.25. The van der Waals surface area contributed by atoms with E-state index in [1.165, 1.54) is 0 Å². The number of amides is 4. The lowest BCUT2D eigenvalue weighted by Crippen LogP contribution is -2.25. The van der Waals surface area contributed by atoms with E-state index < -0.39 is 46.3 Å². The second kappa shape index (κ2) is 3.96. The molecule has 9 heteroatoms. The molecule has 0 saturated heterocycles. The Kier molecular flexibility index (Phi) is 2.85. The maximum absolute atomic E-state index is 11.1. The Morgan fingerprint density at radius 1 is 0.647 bits per heavy atom. The van der Waals surface area contributed by atoms with Crippen molar-refractivity contribution in [2.75, 3.05) is 0 Å². The van der Waals surface area contributed by atoms with Crippen LogP contribution in [0.15, 0.2) is 4.42 Å². The predicted octanol–water partition coefficient (Wildman–Crippen LogP) is -2.32. The Morgan fingerprint density at radius 3 is 1.12 bits per heavy atom. The van der Waals surface area contributed by atoms with E-state index in [0.717, 1.165) is 0 Å². The predicted molar refractivity (Wildman–Crippen MR) is 52.8 cm³/mol. The molecule has 4 amide bonds. The van der Waals surface area contributed by atoms with Crippen LogP contribution < -0.4 is 22.9 Å². The summed E-state index contributed by atoms with van der Waals surface area (Å²) in [6, 6.07) is 0. The zero-order chi connectivity index (χ0) is 13.3. The van der Waals surface area contributed by atoms with Gasteiger partial charge in [0, 0.05) is 0 Å². The minimum absolute atomic E-state index is 0.654. The van der Waals surface area contributed by atoms with Gasteiger partial charge in [0.1, 0.15) is 11.1 Å². The van der Waals surface area contributed by atoms with Crippen LogP contribution in [-0.4, -0.2) is 23.6 Å². The van der Waals surface area contributed by atoms with Gasteiger partial charge in [-0.2, -0.15) is 0 Å². The molecule has 0 aliphatic heterocycles. The third kappa shape index (κ3) is 1.93. The molecule has 1 rings (SSSR count). The normalized spacial score (nSPS) is 9.88. The van der Waals surface area contributed by atoms with Crippen molar-refractivity contribution in [3.05, 3.63) is 22.6 Å². The standard InChI is InChI=1S/C8H8N4O5/c9-5(13)1-2(6(10)14)4(8(12)16)17-3(1)7(11)15/h(H2,9,13)(H2,10,14)(H2,11,15)(H2,12,16). The van der Waals surface area contributed by atoms with E-state index in [1.54, 1.807) is 0 Å². The molecule has 1 aromatic rings. The number of hydrogen-bond acceptors (Lipinski definition) is 5. The smallest absolute Gasteiger partial charge is 0.285 e. The fraction of sp³-hybridized carbons (Fsp3) is 0. The molecule has 0 saturated carbocycles. The van der Waals surface area contributed by atoms with E-state index in [-0.39, 0.29) is 0 Å². The van der Waals surface area contributed by atoms with Gasteiger partial charge in [0.25, 0.3) is 23.6 Å². The third-order valence-electron chi connectivity index (χ3n) is 1.85. The van der Waals surface area contributed by atoms with Gasteiger partial charge in [-0.25, -0.2) is 0 Å². The molecule has 90 valence electrons. The number of primary amides is 4. The Labute approximate surface area is 93.7 Å². The Balaban J connectivity index is 3.73. The van der Waals surface area contributed by atoms with E-state index in [4.69, 9.17) is 22.9 Å². The minimum atomic E-state index is -1.19. The Morgan fingerprint density at radius 2 is 0.941 bits per heavy atom. The third-order valence-corrected chi connectivity index (χ3v) is 1.85. The first-order chi connectivity index (χ1) is 7.77. The number of carbonyl (C=O) groups excluding carboxylic acids is 4. The molecular formula is C8H8N4O5. The van der Waals surface area contributed by atoms with Gasteiger partial charge in [0.2, 0.25) is 11.5 Å². The van der Waals surface area contributed by atoms with Gasteiger partial charge in [-0.3, -0.25) is 19.2 Å². The van der Waals surface area contributed by atoms with Crippen LogP contribution >= 0.6 is 0 Å². The molecular weight excluding hydrogens is 232 g/mol. The summed E-state index contributed by atoms with van der Waals surface area (Å²) in [4.78, 5) is 44.1. The van der Waals surface area contributed by atoms with E-state index >= 15 is 0 Å². The van der Waals surface area contributed by atoms with Crippen molar-refractivity contribution in [1.82, 2.24) is 0 Å². The molecule has 0 bridgehead atoms. The Bertz CT molecular complexity index is 498. The molecule has 0 fully saturated rings. The van der Waals surface area contributed by atoms with Crippen LogP contribution in [-0.2, 0) is 0 Å². The highest BCUT2D eigenvalue weighted by Crippen LogP contribution is 2.21. The average molecular weight is 240 g/mol. The van der Waals surface area contributed by atoms with Gasteiger partial charge in [-0.1, -0.05) is 0 Å². The summed E-state index contributed by atoms with van der Waals surface area (Å²) in [6.45, 7) is 0. The maximum Gasteiger partial charge on any atom is 0.285 e. The van der Waals surface area contributed by atoms with Crippen LogP contribution in [0.4, 0.5) is 0 Å². The van der Waals surface area contributed by atoms with Crippen LogP contribution in [0.5, 0.6) is 0 Å². The lowest BCUT2D eigenvalue weighted by molar-refractivity contribution is 0.0930. The molecule has 0 aliphatic carbocycles. The first-order valence-corrected chi connectivity index (χ1v) is 4.13. The Hall–Kier alpha value is -2.84. The van der Waals surface area contributed by atoms with Gasteiger partial charge in [-0.15, -0.1) is 0 Å². The number of nitrogens with two attached hydrogens (primary N) is 4. The van der Waals surface area contributed by atoms with Gasteiger partial charge >= 0.3 is 0 Å². The van der Waals surface area contributed by atoms with E-state index in [9.17, 15) is 19.2 Å². The summed E-state index contributed by atoms with van der Waals surface area (Å²) in [6.07, 6.45) is 0. The van der Waals surface area contributed by atoms with Crippen LogP contribution in [0.1, 0.15) is 41.8 Å². The van der Waals surface area contributed by atoms with Crippen LogP contribution in [0.3, 0.4) is 0 Å². The van der Waals surface area contributed by atoms with Crippen LogP contribution in [0.2, 0.25) is 0 Å². The molecule has 1 aromatic heterocycles.